The Morgan fingerprint density at radius 2 is 1.42 bits per heavy atom. The summed E-state index contributed by atoms with van der Waals surface area (Å²) in [6.07, 6.45) is 7.26. The number of rotatable bonds is 4. The summed E-state index contributed by atoms with van der Waals surface area (Å²) in [7, 11) is -2.06. The van der Waals surface area contributed by atoms with Crippen LogP contribution in [-0.2, 0) is 5.41 Å². The minimum atomic E-state index is -2.06. The number of aromatic nitrogens is 5. The van der Waals surface area contributed by atoms with Crippen molar-refractivity contribution in [3.8, 4) is 39.6 Å². The largest absolute Gasteiger partial charge is 0.309 e. The van der Waals surface area contributed by atoms with Crippen molar-refractivity contribution in [1.29, 1.82) is 0 Å². The molecule has 8 aromatic rings. The average Bonchev–Trinajstić information content (AvgIpc) is 3.86. The SMILES string of the molecule is [2H]c1c([2H])c(-c2nc(-c3ccc4c(c3)-c3ccccc3[Si]4(C)C)nc(N3c4ccncc4C4(C)CCCCC34C)n2)c([2H])c(-n2c3c([2H])c([2H])c([2H])c([2H])c3c3c([2H])c([2H])c([2H])c([2H])c32)c1[2H]. The van der Waals surface area contributed by atoms with E-state index < -0.39 is 91.8 Å². The maximum atomic E-state index is 10.00. The third-order valence-corrected chi connectivity index (χ3v) is 16.2. The van der Waals surface area contributed by atoms with Gasteiger partial charge in [-0.1, -0.05) is 118 Å². The molecule has 5 heterocycles. The van der Waals surface area contributed by atoms with Crippen molar-refractivity contribution in [3.05, 3.63) is 139 Å². The van der Waals surface area contributed by atoms with Crippen molar-refractivity contribution < 1.29 is 16.4 Å². The van der Waals surface area contributed by atoms with Crippen molar-refractivity contribution in [3.63, 3.8) is 0 Å². The van der Waals surface area contributed by atoms with Gasteiger partial charge in [0, 0.05) is 51.0 Å². The van der Waals surface area contributed by atoms with Crippen molar-refractivity contribution in [2.75, 3.05) is 4.90 Å². The summed E-state index contributed by atoms with van der Waals surface area (Å²) in [6, 6.07) is 9.04. The van der Waals surface area contributed by atoms with Crippen LogP contribution >= 0.6 is 0 Å². The van der Waals surface area contributed by atoms with Crippen molar-refractivity contribution in [1.82, 2.24) is 24.5 Å². The molecule has 2 unspecified atom stereocenters. The monoisotopic (exact) mass is 742 g/mol. The topological polar surface area (TPSA) is 59.7 Å². The van der Waals surface area contributed by atoms with Crippen LogP contribution in [0.1, 0.15) is 61.5 Å². The molecule has 2 aliphatic heterocycles. The van der Waals surface area contributed by atoms with Gasteiger partial charge in [-0.25, -0.2) is 4.98 Å². The lowest BCUT2D eigenvalue weighted by Crippen LogP contribution is -2.55. The minimum absolute atomic E-state index is 0.159. The Morgan fingerprint density at radius 3 is 2.22 bits per heavy atom. The number of nitrogens with zero attached hydrogens (tertiary/aromatic N) is 6. The van der Waals surface area contributed by atoms with E-state index in [2.05, 4.69) is 67.2 Å². The Labute approximate surface area is 339 Å². The summed E-state index contributed by atoms with van der Waals surface area (Å²) >= 11 is 0. The first kappa shape index (κ1) is 22.5. The van der Waals surface area contributed by atoms with Gasteiger partial charge in [0.15, 0.2) is 11.6 Å². The van der Waals surface area contributed by atoms with Gasteiger partial charge in [0.25, 0.3) is 0 Å². The highest BCUT2D eigenvalue weighted by molar-refractivity contribution is 7.03. The van der Waals surface area contributed by atoms with Crippen molar-refractivity contribution in [2.24, 2.45) is 0 Å². The summed E-state index contributed by atoms with van der Waals surface area (Å²) in [4.78, 5) is 22.0. The molecule has 2 atom stereocenters. The Bertz CT molecular complexity index is 3480. The summed E-state index contributed by atoms with van der Waals surface area (Å²) in [5.74, 6) is 0.309. The molecule has 0 spiro atoms. The van der Waals surface area contributed by atoms with Gasteiger partial charge in [0.2, 0.25) is 5.95 Å². The third kappa shape index (κ3) is 4.47. The lowest BCUT2D eigenvalue weighted by atomic mass is 9.62. The first-order chi connectivity index (χ1) is 31.8. The molecule has 268 valence electrons. The van der Waals surface area contributed by atoms with Crippen LogP contribution in [0.2, 0.25) is 13.1 Å². The zero-order valence-electron chi connectivity index (χ0n) is 42.8. The molecule has 55 heavy (non-hydrogen) atoms. The number of hydrogen-bond donors (Lipinski definition) is 0. The summed E-state index contributed by atoms with van der Waals surface area (Å²) < 4.78 is 110. The first-order valence-corrected chi connectivity index (χ1v) is 21.6. The number of fused-ring (bicyclic) bond motifs is 9. The van der Waals surface area contributed by atoms with Crippen molar-refractivity contribution >= 4 is 51.9 Å². The second-order valence-corrected chi connectivity index (χ2v) is 20.1. The molecule has 1 aliphatic carbocycles. The van der Waals surface area contributed by atoms with E-state index in [1.165, 1.54) is 10.4 Å². The van der Waals surface area contributed by atoms with Crippen LogP contribution in [0.25, 0.3) is 61.4 Å². The van der Waals surface area contributed by atoms with Crippen molar-refractivity contribution in [2.45, 2.75) is 63.6 Å². The lowest BCUT2D eigenvalue weighted by molar-refractivity contribution is 0.193. The molecule has 3 aliphatic rings. The van der Waals surface area contributed by atoms with Crippen LogP contribution in [0.5, 0.6) is 0 Å². The number of benzene rings is 5. The molecule has 5 aromatic carbocycles. The Morgan fingerprint density at radius 1 is 0.709 bits per heavy atom. The first-order valence-electron chi connectivity index (χ1n) is 24.6. The summed E-state index contributed by atoms with van der Waals surface area (Å²) in [5.41, 5.74) is 2.48. The maximum Gasteiger partial charge on any atom is 0.234 e. The normalized spacial score (nSPS) is 23.7. The van der Waals surface area contributed by atoms with Gasteiger partial charge in [-0.05, 0) is 77.6 Å². The molecule has 11 rings (SSSR count). The highest BCUT2D eigenvalue weighted by atomic mass is 28.3. The van der Waals surface area contributed by atoms with E-state index in [9.17, 15) is 5.48 Å². The molecule has 1 saturated carbocycles. The van der Waals surface area contributed by atoms with E-state index in [0.717, 1.165) is 52.6 Å². The van der Waals surface area contributed by atoms with E-state index >= 15 is 0 Å². The fourth-order valence-corrected chi connectivity index (χ4v) is 12.7. The molecule has 0 radical (unpaired) electrons. The highest BCUT2D eigenvalue weighted by Gasteiger charge is 2.58. The summed E-state index contributed by atoms with van der Waals surface area (Å²) in [6.45, 7) is 9.08. The fraction of sp³-hybridized carbons (Fsp3) is 0.208. The Kier molecular flexibility index (Phi) is 4.71. The molecule has 1 fully saturated rings. The number of para-hydroxylation sites is 2. The molecule has 0 amide bonds. The van der Waals surface area contributed by atoms with Crippen LogP contribution in [-0.4, -0.2) is 38.1 Å². The van der Waals surface area contributed by atoms with Crippen LogP contribution in [0.4, 0.5) is 11.6 Å². The fourth-order valence-electron chi connectivity index (χ4n) is 9.64. The molecule has 3 aromatic heterocycles. The Hall–Kier alpha value is -5.92. The van der Waals surface area contributed by atoms with Crippen LogP contribution in [0.15, 0.2) is 133 Å². The third-order valence-electron chi connectivity index (χ3n) is 12.7. The average molecular weight is 743 g/mol. The van der Waals surface area contributed by atoms with E-state index in [1.807, 2.05) is 24.4 Å². The second kappa shape index (κ2) is 11.5. The Balaban J connectivity index is 1.24. The molecule has 7 heteroatoms. The molecule has 0 bridgehead atoms. The van der Waals surface area contributed by atoms with Crippen LogP contribution in [0.3, 0.4) is 0 Å². The van der Waals surface area contributed by atoms with Gasteiger partial charge in [-0.15, -0.1) is 0 Å². The van der Waals surface area contributed by atoms with Crippen LogP contribution < -0.4 is 15.3 Å². The van der Waals surface area contributed by atoms with Gasteiger partial charge < -0.3 is 9.47 Å². The van der Waals surface area contributed by atoms with E-state index in [1.54, 1.807) is 6.20 Å². The maximum absolute atomic E-state index is 10.00. The van der Waals surface area contributed by atoms with Gasteiger partial charge in [0.1, 0.15) is 8.07 Å². The highest BCUT2D eigenvalue weighted by Crippen LogP contribution is 2.60. The predicted molar refractivity (Wildman–Crippen MR) is 228 cm³/mol. The number of anilines is 2. The molecule has 0 N–H and O–H groups in total. The van der Waals surface area contributed by atoms with E-state index in [4.69, 9.17) is 25.9 Å². The smallest absolute Gasteiger partial charge is 0.234 e. The zero-order valence-corrected chi connectivity index (χ0v) is 31.8. The quantitative estimate of drug-likeness (QED) is 0.168. The molecular weight excluding hydrogens is 689 g/mol. The zero-order chi connectivity index (χ0) is 47.5. The summed E-state index contributed by atoms with van der Waals surface area (Å²) in [5, 5.41) is 2.09. The van der Waals surface area contributed by atoms with Gasteiger partial charge in [-0.3, -0.25) is 4.98 Å². The molecular formula is C48H42N6Si. The molecule has 6 nitrogen and oxygen atoms in total. The predicted octanol–water partition coefficient (Wildman–Crippen LogP) is 10.2. The van der Waals surface area contributed by atoms with Gasteiger partial charge >= 0.3 is 0 Å². The standard InChI is InChI=1S/C48H42N6Si/c1-47-25-11-12-26-48(47,2)54(41-24-27-49-30-38(41)47)46-51-44(50-45(52-46)32-22-23-43-37(29-32)36-18-7-10-21-42(36)55(43,3)4)31-14-13-15-33(28-31)53-39-19-8-5-16-34(39)35-17-6-9-20-40(35)53/h5-10,13-24,27-30H,11-12,25-26H2,1-4H3/i5D,6D,8D,9D,13D,14D,15D,16D,17D,19D,20D,28D. The number of hydrogen-bond acceptors (Lipinski definition) is 5. The van der Waals surface area contributed by atoms with Crippen LogP contribution in [0, 0.1) is 0 Å². The lowest BCUT2D eigenvalue weighted by Gasteiger charge is -2.49. The minimum Gasteiger partial charge on any atom is -0.309 e. The van der Waals surface area contributed by atoms with Gasteiger partial charge in [0.05, 0.1) is 38.7 Å². The second-order valence-electron chi connectivity index (χ2n) is 15.8. The molecule has 0 saturated heterocycles. The van der Waals surface area contributed by atoms with Gasteiger partial charge in [-0.2, -0.15) is 9.97 Å². The van der Waals surface area contributed by atoms with E-state index in [0.29, 0.717) is 5.56 Å². The number of pyridine rings is 1. The van der Waals surface area contributed by atoms with E-state index in [-0.39, 0.29) is 50.4 Å².